The number of rotatable bonds is 7. The lowest BCUT2D eigenvalue weighted by atomic mass is 10.0. The summed E-state index contributed by atoms with van der Waals surface area (Å²) in [6.45, 7) is 2.19. The Kier molecular flexibility index (Phi) is 6.63. The largest absolute Gasteiger partial charge is 0.398 e. The molecule has 0 radical (unpaired) electrons. The fraction of sp³-hybridized carbons (Fsp3) is 0.250. The third kappa shape index (κ3) is 5.23. The third-order valence-electron chi connectivity index (χ3n) is 6.71. The van der Waals surface area contributed by atoms with Gasteiger partial charge in [-0.15, -0.1) is 11.8 Å². The van der Waals surface area contributed by atoms with Crippen LogP contribution in [0.3, 0.4) is 0 Å². The molecule has 0 aliphatic carbocycles. The first-order valence-electron chi connectivity index (χ1n) is 12.3. The number of nitrogen functional groups attached to an aromatic ring is 1. The van der Waals surface area contributed by atoms with Crippen molar-refractivity contribution >= 4 is 50.8 Å². The Morgan fingerprint density at radius 1 is 1.08 bits per heavy atom. The van der Waals surface area contributed by atoms with Crippen molar-refractivity contribution in [2.75, 3.05) is 30.0 Å². The van der Waals surface area contributed by atoms with Crippen LogP contribution < -0.4 is 11.1 Å². The Balaban J connectivity index is 1.22. The predicted octanol–water partition coefficient (Wildman–Crippen LogP) is 6.01. The van der Waals surface area contributed by atoms with Crippen molar-refractivity contribution in [1.29, 1.82) is 0 Å². The zero-order valence-corrected chi connectivity index (χ0v) is 21.0. The maximum Gasteiger partial charge on any atom is 0.141 e. The number of nitrogens with one attached hydrogen (secondary N) is 1. The molecule has 7 nitrogen and oxygen atoms in total. The quantitative estimate of drug-likeness (QED) is 0.203. The number of benzene rings is 3. The first kappa shape index (κ1) is 23.7. The first-order chi connectivity index (χ1) is 18.1. The van der Waals surface area contributed by atoms with Gasteiger partial charge >= 0.3 is 0 Å². The molecule has 0 bridgehead atoms. The Morgan fingerprint density at radius 2 is 1.97 bits per heavy atom. The molecule has 9 heteroatoms. The topological polar surface area (TPSA) is 90.9 Å². The molecule has 3 heterocycles. The van der Waals surface area contributed by atoms with E-state index in [-0.39, 0.29) is 5.82 Å². The fourth-order valence-corrected chi connectivity index (χ4v) is 5.85. The van der Waals surface area contributed by atoms with Crippen LogP contribution in [0.4, 0.5) is 21.6 Å². The summed E-state index contributed by atoms with van der Waals surface area (Å²) in [5.74, 6) is 2.14. The molecule has 6 rings (SSSR count). The molecule has 0 amide bonds. The van der Waals surface area contributed by atoms with Gasteiger partial charge in [0, 0.05) is 46.0 Å². The summed E-state index contributed by atoms with van der Waals surface area (Å²) in [5.41, 5.74) is 10.8. The number of thioether (sulfide) groups is 1. The Labute approximate surface area is 218 Å². The van der Waals surface area contributed by atoms with Crippen LogP contribution in [0.25, 0.3) is 21.8 Å². The number of aromatic nitrogens is 4. The molecule has 5 aromatic rings. The summed E-state index contributed by atoms with van der Waals surface area (Å²) < 4.78 is 20.9. The molecule has 3 N–H and O–H groups in total. The molecule has 0 spiro atoms. The smallest absolute Gasteiger partial charge is 0.141 e. The molecule has 1 fully saturated rings. The second kappa shape index (κ2) is 10.4. The third-order valence-corrected chi connectivity index (χ3v) is 8.01. The van der Waals surface area contributed by atoms with Crippen LogP contribution in [-0.2, 0) is 11.3 Å². The van der Waals surface area contributed by atoms with E-state index in [1.165, 1.54) is 12.1 Å². The molecule has 3 aromatic carbocycles. The highest BCUT2D eigenvalue weighted by molar-refractivity contribution is 7.99. The number of fused-ring (bicyclic) bond motifs is 2. The number of halogens is 1. The van der Waals surface area contributed by atoms with Gasteiger partial charge in [-0.1, -0.05) is 12.1 Å². The number of hydrogen-bond acceptors (Lipinski definition) is 7. The molecule has 1 saturated heterocycles. The van der Waals surface area contributed by atoms with E-state index in [4.69, 9.17) is 10.5 Å². The zero-order valence-electron chi connectivity index (χ0n) is 20.2. The molecule has 1 aliphatic rings. The van der Waals surface area contributed by atoms with Crippen LogP contribution >= 0.6 is 11.8 Å². The van der Waals surface area contributed by atoms with Gasteiger partial charge in [-0.3, -0.25) is 4.68 Å². The molecule has 1 aliphatic heterocycles. The minimum atomic E-state index is -0.247. The van der Waals surface area contributed by atoms with E-state index >= 15 is 0 Å². The van der Waals surface area contributed by atoms with E-state index < -0.39 is 0 Å². The summed E-state index contributed by atoms with van der Waals surface area (Å²) in [7, 11) is 0. The van der Waals surface area contributed by atoms with E-state index in [1.54, 1.807) is 24.2 Å². The van der Waals surface area contributed by atoms with Gasteiger partial charge in [-0.05, 0) is 66.8 Å². The summed E-state index contributed by atoms with van der Waals surface area (Å²) >= 11 is 1.79. The summed E-state index contributed by atoms with van der Waals surface area (Å²) in [5, 5.41) is 9.78. The summed E-state index contributed by atoms with van der Waals surface area (Å²) in [6.07, 6.45) is 5.59. The molecule has 0 saturated carbocycles. The monoisotopic (exact) mass is 514 g/mol. The van der Waals surface area contributed by atoms with Gasteiger partial charge in [-0.2, -0.15) is 5.10 Å². The Morgan fingerprint density at radius 3 is 2.84 bits per heavy atom. The van der Waals surface area contributed by atoms with Crippen molar-refractivity contribution in [1.82, 2.24) is 19.7 Å². The van der Waals surface area contributed by atoms with Crippen LogP contribution in [0.1, 0.15) is 18.4 Å². The van der Waals surface area contributed by atoms with E-state index in [1.807, 2.05) is 41.2 Å². The minimum absolute atomic E-state index is 0.247. The average molecular weight is 515 g/mol. The van der Waals surface area contributed by atoms with Crippen LogP contribution in [0, 0.1) is 11.7 Å². The van der Waals surface area contributed by atoms with Crippen molar-refractivity contribution in [3.8, 4) is 0 Å². The van der Waals surface area contributed by atoms with Crippen molar-refractivity contribution in [2.45, 2.75) is 24.3 Å². The fourth-order valence-electron chi connectivity index (χ4n) is 4.68. The minimum Gasteiger partial charge on any atom is -0.398 e. The zero-order chi connectivity index (χ0) is 25.2. The van der Waals surface area contributed by atoms with Gasteiger partial charge in [0.1, 0.15) is 18.0 Å². The number of hydrogen-bond donors (Lipinski definition) is 2. The highest BCUT2D eigenvalue weighted by Gasteiger charge is 2.16. The molecule has 37 heavy (non-hydrogen) atoms. The lowest BCUT2D eigenvalue weighted by Gasteiger charge is -2.21. The van der Waals surface area contributed by atoms with E-state index in [0.717, 1.165) is 75.4 Å². The Hall–Kier alpha value is -3.69. The SMILES string of the molecule is Nc1cc2c(Nc3ccc4c(cnn4Cc4cccc(F)c4)c3)ncnc2cc1SCC1CCOCC1. The molecule has 0 atom stereocenters. The predicted molar refractivity (Wildman–Crippen MR) is 147 cm³/mol. The molecule has 188 valence electrons. The van der Waals surface area contributed by atoms with Crippen molar-refractivity contribution in [2.24, 2.45) is 5.92 Å². The van der Waals surface area contributed by atoms with Crippen molar-refractivity contribution in [3.05, 3.63) is 78.5 Å². The van der Waals surface area contributed by atoms with E-state index in [2.05, 4.69) is 26.4 Å². The van der Waals surface area contributed by atoms with Gasteiger partial charge < -0.3 is 15.8 Å². The molecule has 2 aromatic heterocycles. The number of nitrogens with zero attached hydrogens (tertiary/aromatic N) is 4. The van der Waals surface area contributed by atoms with Gasteiger partial charge in [0.25, 0.3) is 0 Å². The van der Waals surface area contributed by atoms with Crippen LogP contribution in [0.5, 0.6) is 0 Å². The van der Waals surface area contributed by atoms with E-state index in [0.29, 0.717) is 18.3 Å². The lowest BCUT2D eigenvalue weighted by Crippen LogP contribution is -2.17. The molecular weight excluding hydrogens is 487 g/mol. The normalized spacial score (nSPS) is 14.4. The maximum atomic E-state index is 13.6. The van der Waals surface area contributed by atoms with Gasteiger partial charge in [0.2, 0.25) is 0 Å². The maximum absolute atomic E-state index is 13.6. The first-order valence-corrected chi connectivity index (χ1v) is 13.3. The molecule has 0 unspecified atom stereocenters. The van der Waals surface area contributed by atoms with E-state index in [9.17, 15) is 4.39 Å². The second-order valence-electron chi connectivity index (χ2n) is 9.33. The van der Waals surface area contributed by atoms with Gasteiger partial charge in [-0.25, -0.2) is 14.4 Å². The standard InChI is InChI=1S/C28H27FN6OS/c29-21-3-1-2-19(10-21)15-35-26-5-4-22(11-20(26)14-33-35)34-28-23-12-24(30)27(13-25(23)31-17-32-28)37-16-18-6-8-36-9-7-18/h1-5,10-14,17-18H,6-9,15-16,30H2,(H,31,32,34). The van der Waals surface area contributed by atoms with Crippen LogP contribution in [0.2, 0.25) is 0 Å². The highest BCUT2D eigenvalue weighted by atomic mass is 32.2. The summed E-state index contributed by atoms with van der Waals surface area (Å²) in [6, 6.07) is 16.6. The lowest BCUT2D eigenvalue weighted by molar-refractivity contribution is 0.0728. The van der Waals surface area contributed by atoms with Crippen LogP contribution in [0.15, 0.2) is 72.0 Å². The highest BCUT2D eigenvalue weighted by Crippen LogP contribution is 2.35. The Bertz CT molecular complexity index is 1570. The van der Waals surface area contributed by atoms with Crippen LogP contribution in [-0.4, -0.2) is 38.7 Å². The molecular formula is C28H27FN6OS. The summed E-state index contributed by atoms with van der Waals surface area (Å²) in [4.78, 5) is 10.0. The number of nitrogens with two attached hydrogens (primary N) is 1. The second-order valence-corrected chi connectivity index (χ2v) is 10.4. The number of anilines is 3. The number of ether oxygens (including phenoxy) is 1. The van der Waals surface area contributed by atoms with Gasteiger partial charge in [0.05, 0.1) is 23.8 Å². The average Bonchev–Trinajstić information content (AvgIpc) is 3.30. The van der Waals surface area contributed by atoms with Crippen molar-refractivity contribution in [3.63, 3.8) is 0 Å². The van der Waals surface area contributed by atoms with Gasteiger partial charge in [0.15, 0.2) is 0 Å². The van der Waals surface area contributed by atoms with Crippen molar-refractivity contribution < 1.29 is 9.13 Å².